The fourth-order valence-electron chi connectivity index (χ4n) is 4.83. The molecule has 0 bridgehead atoms. The van der Waals surface area contributed by atoms with Gasteiger partial charge < -0.3 is 20.3 Å². The Hall–Kier alpha value is -2.57. The largest absolute Gasteiger partial charge is 0.444 e. The lowest BCUT2D eigenvalue weighted by molar-refractivity contribution is -0.144. The van der Waals surface area contributed by atoms with Crippen LogP contribution in [0.1, 0.15) is 111 Å². The second-order valence-electron chi connectivity index (χ2n) is 11.4. The van der Waals surface area contributed by atoms with Gasteiger partial charge in [0.2, 0.25) is 11.8 Å². The molecule has 0 aliphatic heterocycles. The molecule has 2 rings (SSSR count). The number of alkyl carbamates (subject to hydrolysis) is 1. The first-order chi connectivity index (χ1) is 17.6. The number of carbonyl (C=O) groups is 3. The van der Waals surface area contributed by atoms with Crippen molar-refractivity contribution < 1.29 is 19.1 Å². The molecule has 37 heavy (non-hydrogen) atoms. The van der Waals surface area contributed by atoms with Crippen LogP contribution in [0, 0.1) is 5.92 Å². The molecule has 3 atom stereocenters. The summed E-state index contributed by atoms with van der Waals surface area (Å²) in [4.78, 5) is 42.5. The van der Waals surface area contributed by atoms with Crippen LogP contribution in [0.4, 0.5) is 4.79 Å². The molecule has 1 saturated carbocycles. The number of amides is 3. The van der Waals surface area contributed by atoms with Gasteiger partial charge in [-0.3, -0.25) is 9.59 Å². The van der Waals surface area contributed by atoms with E-state index in [4.69, 9.17) is 4.74 Å². The molecule has 7 heteroatoms. The number of unbranched alkanes of at least 4 members (excludes halogenated alkanes) is 2. The minimum absolute atomic E-state index is 0.130. The molecule has 1 aliphatic rings. The standard InChI is InChI=1S/C30H49N3O4/c1-7-9-16-21-33(28(35)25(22(3)8-2)32-29(36)37-30(4,5)6)26(23-17-12-10-13-18-23)27(34)31-24-19-14-11-15-20-24/h10,12-13,17-18,22,24-26H,7-9,11,14-16,19-21H2,1-6H3,(H,31,34)(H,32,36). The van der Waals surface area contributed by atoms with E-state index >= 15 is 0 Å². The molecule has 1 aromatic carbocycles. The summed E-state index contributed by atoms with van der Waals surface area (Å²) in [7, 11) is 0. The maximum atomic E-state index is 14.2. The summed E-state index contributed by atoms with van der Waals surface area (Å²) in [5.74, 6) is -0.529. The topological polar surface area (TPSA) is 87.7 Å². The van der Waals surface area contributed by atoms with E-state index in [0.717, 1.165) is 50.5 Å². The van der Waals surface area contributed by atoms with E-state index in [1.807, 2.05) is 44.2 Å². The first kappa shape index (κ1) is 30.7. The maximum absolute atomic E-state index is 14.2. The van der Waals surface area contributed by atoms with E-state index < -0.39 is 23.8 Å². The van der Waals surface area contributed by atoms with Gasteiger partial charge in [-0.05, 0) is 51.5 Å². The summed E-state index contributed by atoms with van der Waals surface area (Å²) in [6, 6.07) is 8.09. The Morgan fingerprint density at radius 2 is 1.68 bits per heavy atom. The van der Waals surface area contributed by atoms with Crippen molar-refractivity contribution in [1.82, 2.24) is 15.5 Å². The Bertz CT molecular complexity index is 846. The Labute approximate surface area is 224 Å². The van der Waals surface area contributed by atoms with Crippen LogP contribution in [0.15, 0.2) is 30.3 Å². The van der Waals surface area contributed by atoms with Crippen LogP contribution >= 0.6 is 0 Å². The van der Waals surface area contributed by atoms with E-state index in [0.29, 0.717) is 13.0 Å². The summed E-state index contributed by atoms with van der Waals surface area (Å²) in [5, 5.41) is 6.09. The monoisotopic (exact) mass is 515 g/mol. The van der Waals surface area contributed by atoms with Gasteiger partial charge in [0.25, 0.3) is 0 Å². The second kappa shape index (κ2) is 15.0. The Kier molecular flexibility index (Phi) is 12.4. The summed E-state index contributed by atoms with van der Waals surface area (Å²) >= 11 is 0. The minimum Gasteiger partial charge on any atom is -0.444 e. The molecule has 2 N–H and O–H groups in total. The van der Waals surface area contributed by atoms with Crippen molar-refractivity contribution in [2.45, 2.75) is 123 Å². The molecule has 3 unspecified atom stereocenters. The summed E-state index contributed by atoms with van der Waals surface area (Å²) in [6.45, 7) is 11.9. The fourth-order valence-corrected chi connectivity index (χ4v) is 4.83. The first-order valence-corrected chi connectivity index (χ1v) is 14.2. The van der Waals surface area contributed by atoms with Gasteiger partial charge in [-0.15, -0.1) is 0 Å². The first-order valence-electron chi connectivity index (χ1n) is 14.2. The molecule has 0 aromatic heterocycles. The van der Waals surface area contributed by atoms with Gasteiger partial charge in [0.15, 0.2) is 0 Å². The molecule has 1 aliphatic carbocycles. The zero-order chi connectivity index (χ0) is 27.4. The summed E-state index contributed by atoms with van der Waals surface area (Å²) < 4.78 is 5.48. The molecule has 3 amide bonds. The van der Waals surface area contributed by atoms with Gasteiger partial charge in [-0.1, -0.05) is 89.6 Å². The number of rotatable bonds is 12. The normalized spacial score (nSPS) is 16.8. The number of hydrogen-bond acceptors (Lipinski definition) is 4. The quantitative estimate of drug-likeness (QED) is 0.328. The van der Waals surface area contributed by atoms with Gasteiger partial charge in [0.05, 0.1) is 0 Å². The lowest BCUT2D eigenvalue weighted by atomic mass is 9.93. The molecule has 208 valence electrons. The average molecular weight is 516 g/mol. The number of carbonyl (C=O) groups excluding carboxylic acids is 3. The predicted molar refractivity (Wildman–Crippen MR) is 148 cm³/mol. The van der Waals surface area contributed by atoms with Crippen molar-refractivity contribution in [3.63, 3.8) is 0 Å². The number of nitrogens with zero attached hydrogens (tertiary/aromatic N) is 1. The minimum atomic E-state index is -0.796. The molecule has 0 saturated heterocycles. The van der Waals surface area contributed by atoms with Crippen LogP contribution in [-0.4, -0.2) is 47.0 Å². The predicted octanol–water partition coefficient (Wildman–Crippen LogP) is 6.13. The number of hydrogen-bond donors (Lipinski definition) is 2. The molecule has 0 heterocycles. The van der Waals surface area contributed by atoms with Gasteiger partial charge in [-0.2, -0.15) is 0 Å². The highest BCUT2D eigenvalue weighted by molar-refractivity contribution is 5.92. The van der Waals surface area contributed by atoms with E-state index in [1.54, 1.807) is 25.7 Å². The molecular formula is C30H49N3O4. The molecule has 1 fully saturated rings. The lowest BCUT2D eigenvalue weighted by Gasteiger charge is -2.37. The van der Waals surface area contributed by atoms with Crippen molar-refractivity contribution in [3.8, 4) is 0 Å². The zero-order valence-corrected chi connectivity index (χ0v) is 23.8. The molecule has 0 spiro atoms. The molecule has 0 radical (unpaired) electrons. The Morgan fingerprint density at radius 1 is 1.03 bits per heavy atom. The Morgan fingerprint density at radius 3 is 2.24 bits per heavy atom. The van der Waals surface area contributed by atoms with E-state index in [1.165, 1.54) is 6.42 Å². The number of benzene rings is 1. The molecule has 1 aromatic rings. The Balaban J connectivity index is 2.43. The smallest absolute Gasteiger partial charge is 0.408 e. The van der Waals surface area contributed by atoms with Gasteiger partial charge in [-0.25, -0.2) is 4.79 Å². The van der Waals surface area contributed by atoms with Crippen molar-refractivity contribution in [2.24, 2.45) is 5.92 Å². The lowest BCUT2D eigenvalue weighted by Crippen LogP contribution is -2.56. The summed E-state index contributed by atoms with van der Waals surface area (Å²) in [6.07, 6.45) is 8.14. The van der Waals surface area contributed by atoms with Crippen LogP contribution < -0.4 is 10.6 Å². The third kappa shape index (κ3) is 10.0. The van der Waals surface area contributed by atoms with Crippen molar-refractivity contribution >= 4 is 17.9 Å². The van der Waals surface area contributed by atoms with Gasteiger partial charge in [0, 0.05) is 12.6 Å². The third-order valence-electron chi connectivity index (χ3n) is 7.06. The number of nitrogens with one attached hydrogen (secondary N) is 2. The summed E-state index contributed by atoms with van der Waals surface area (Å²) in [5.41, 5.74) is 0.0984. The third-order valence-corrected chi connectivity index (χ3v) is 7.06. The van der Waals surface area contributed by atoms with Crippen molar-refractivity contribution in [1.29, 1.82) is 0 Å². The zero-order valence-electron chi connectivity index (χ0n) is 23.8. The molecule has 7 nitrogen and oxygen atoms in total. The second-order valence-corrected chi connectivity index (χ2v) is 11.4. The van der Waals surface area contributed by atoms with Crippen LogP contribution in [0.25, 0.3) is 0 Å². The van der Waals surface area contributed by atoms with E-state index in [2.05, 4.69) is 17.6 Å². The fraction of sp³-hybridized carbons (Fsp3) is 0.700. The molecular weight excluding hydrogens is 466 g/mol. The van der Waals surface area contributed by atoms with Crippen LogP contribution in [0.5, 0.6) is 0 Å². The maximum Gasteiger partial charge on any atom is 0.408 e. The van der Waals surface area contributed by atoms with Crippen LogP contribution in [0.3, 0.4) is 0 Å². The van der Waals surface area contributed by atoms with Gasteiger partial charge >= 0.3 is 6.09 Å². The SMILES string of the molecule is CCCCCN(C(=O)C(NC(=O)OC(C)(C)C)C(C)CC)C(C(=O)NC1CCCCC1)c1ccccc1. The van der Waals surface area contributed by atoms with Crippen molar-refractivity contribution in [2.75, 3.05) is 6.54 Å². The van der Waals surface area contributed by atoms with Gasteiger partial charge in [0.1, 0.15) is 17.7 Å². The van der Waals surface area contributed by atoms with E-state index in [-0.39, 0.29) is 23.8 Å². The van der Waals surface area contributed by atoms with Crippen LogP contribution in [0.2, 0.25) is 0 Å². The highest BCUT2D eigenvalue weighted by atomic mass is 16.6. The van der Waals surface area contributed by atoms with E-state index in [9.17, 15) is 14.4 Å². The highest BCUT2D eigenvalue weighted by Crippen LogP contribution is 2.27. The van der Waals surface area contributed by atoms with Crippen LogP contribution in [-0.2, 0) is 14.3 Å². The number of ether oxygens (including phenoxy) is 1. The average Bonchev–Trinajstić information content (AvgIpc) is 2.86. The highest BCUT2D eigenvalue weighted by Gasteiger charge is 2.38. The van der Waals surface area contributed by atoms with Crippen molar-refractivity contribution in [3.05, 3.63) is 35.9 Å².